The number of amides is 1. The van der Waals surface area contributed by atoms with Crippen molar-refractivity contribution >= 4 is 50.1 Å². The molecule has 3 heterocycles. The molecule has 178 valence electrons. The summed E-state index contributed by atoms with van der Waals surface area (Å²) in [6.45, 7) is 5.43. The second-order valence-electron chi connectivity index (χ2n) is 8.28. The number of aliphatic carboxylic acids is 1. The lowest BCUT2D eigenvalue weighted by Gasteiger charge is -2.16. The molecule has 0 saturated heterocycles. The molecule has 1 saturated carbocycles. The van der Waals surface area contributed by atoms with Crippen molar-refractivity contribution in [3.8, 4) is 11.8 Å². The number of carbonyl (C=O) groups excluding carboxylic acids is 1. The molecule has 2 N–H and O–H groups in total. The highest BCUT2D eigenvalue weighted by Crippen LogP contribution is 2.51. The van der Waals surface area contributed by atoms with Gasteiger partial charge in [0, 0.05) is 0 Å². The predicted molar refractivity (Wildman–Crippen MR) is 131 cm³/mol. The van der Waals surface area contributed by atoms with Crippen LogP contribution in [0.1, 0.15) is 58.5 Å². The first-order chi connectivity index (χ1) is 16.8. The van der Waals surface area contributed by atoms with Gasteiger partial charge < -0.3 is 14.4 Å². The molecule has 3 aromatic heterocycles. The molecule has 1 atom stereocenters. The van der Waals surface area contributed by atoms with E-state index in [2.05, 4.69) is 32.3 Å². The Morgan fingerprint density at radius 1 is 1.20 bits per heavy atom. The molecule has 0 bridgehead atoms. The van der Waals surface area contributed by atoms with Crippen molar-refractivity contribution in [3.63, 3.8) is 0 Å². The molecule has 1 unspecified atom stereocenters. The number of carbonyl (C=O) groups is 2. The first-order valence-electron chi connectivity index (χ1n) is 10.8. The number of rotatable bonds is 5. The second kappa shape index (κ2) is 8.79. The van der Waals surface area contributed by atoms with Gasteiger partial charge in [-0.3, -0.25) is 10.1 Å². The lowest BCUT2D eigenvalue weighted by Crippen LogP contribution is -2.18. The van der Waals surface area contributed by atoms with Crippen LogP contribution < -0.4 is 5.32 Å². The van der Waals surface area contributed by atoms with E-state index in [0.717, 1.165) is 15.1 Å². The van der Waals surface area contributed by atoms with E-state index in [-0.39, 0.29) is 5.69 Å². The van der Waals surface area contributed by atoms with E-state index in [1.165, 1.54) is 22.7 Å². The number of nitrogens with zero attached hydrogens (tertiary/aromatic N) is 3. The van der Waals surface area contributed by atoms with Crippen molar-refractivity contribution in [2.24, 2.45) is 0 Å². The van der Waals surface area contributed by atoms with Crippen LogP contribution >= 0.6 is 22.7 Å². The van der Waals surface area contributed by atoms with Crippen LogP contribution in [-0.4, -0.2) is 32.3 Å². The van der Waals surface area contributed by atoms with Crippen molar-refractivity contribution in [1.82, 2.24) is 15.1 Å². The Bertz CT molecular complexity index is 1490. The maximum atomic E-state index is 12.5. The summed E-state index contributed by atoms with van der Waals surface area (Å²) in [5, 5.41) is 17.2. The molecule has 0 radical (unpaired) electrons. The number of hydrogen-bond donors (Lipinski definition) is 2. The summed E-state index contributed by atoms with van der Waals surface area (Å²) in [7, 11) is 0. The van der Waals surface area contributed by atoms with Crippen molar-refractivity contribution in [1.29, 1.82) is 0 Å². The maximum Gasteiger partial charge on any atom is 0.412 e. The van der Waals surface area contributed by atoms with Crippen molar-refractivity contribution in [3.05, 3.63) is 56.9 Å². The van der Waals surface area contributed by atoms with Crippen molar-refractivity contribution < 1.29 is 24.0 Å². The standard InChI is InChI=1S/C24H20N4O5S2/c1-12-6-4-5-7-15(12)13(2)32-23(31)26-18-14(3)33-28-16(18)8-9-17-25-19-20(34-17)35-21(27-19)24(10-11-24)22(29)30/h4-7,13H,10-11H2,1-3H3,(H,26,31)(H,29,30). The van der Waals surface area contributed by atoms with Gasteiger partial charge in [0.2, 0.25) is 0 Å². The van der Waals surface area contributed by atoms with Crippen LogP contribution in [0.3, 0.4) is 0 Å². The Hall–Kier alpha value is -3.75. The molecular weight excluding hydrogens is 488 g/mol. The number of aromatic nitrogens is 3. The largest absolute Gasteiger partial charge is 0.481 e. The topological polar surface area (TPSA) is 127 Å². The molecule has 1 aliphatic rings. The van der Waals surface area contributed by atoms with Crippen LogP contribution in [0.15, 0.2) is 28.8 Å². The van der Waals surface area contributed by atoms with Gasteiger partial charge in [-0.2, -0.15) is 0 Å². The molecule has 1 aliphatic carbocycles. The number of anilines is 1. The molecule has 0 spiro atoms. The number of carboxylic acid groups (broad SMARTS) is 1. The molecule has 4 aromatic rings. The Labute approximate surface area is 208 Å². The number of aryl methyl sites for hydroxylation is 2. The SMILES string of the molecule is Cc1ccccc1C(C)OC(=O)Nc1c(C#Cc2nc3nc(C4(C(=O)O)CC4)sc3s2)noc1C. The summed E-state index contributed by atoms with van der Waals surface area (Å²) in [5.41, 5.74) is 2.17. The Morgan fingerprint density at radius 3 is 2.66 bits per heavy atom. The zero-order valence-electron chi connectivity index (χ0n) is 19.0. The van der Waals surface area contributed by atoms with Gasteiger partial charge in [-0.25, -0.2) is 14.8 Å². The first kappa shape index (κ1) is 23.0. The Balaban J connectivity index is 1.30. The van der Waals surface area contributed by atoms with E-state index >= 15 is 0 Å². The summed E-state index contributed by atoms with van der Waals surface area (Å²) in [6, 6.07) is 7.70. The number of fused-ring (bicyclic) bond motifs is 1. The molecular formula is C24H20N4O5S2. The van der Waals surface area contributed by atoms with E-state index in [1.54, 1.807) is 13.8 Å². The highest BCUT2D eigenvalue weighted by Gasteiger charge is 2.54. The highest BCUT2D eigenvalue weighted by molar-refractivity contribution is 7.38. The van der Waals surface area contributed by atoms with Gasteiger partial charge in [-0.15, -0.1) is 11.3 Å². The second-order valence-corrected chi connectivity index (χ2v) is 10.5. The Kier molecular flexibility index (Phi) is 5.78. The molecule has 0 aliphatic heterocycles. The summed E-state index contributed by atoms with van der Waals surface area (Å²) in [6.07, 6.45) is 0.114. The Morgan fingerprint density at radius 2 is 1.97 bits per heavy atom. The van der Waals surface area contributed by atoms with E-state index in [9.17, 15) is 14.7 Å². The minimum atomic E-state index is -0.846. The lowest BCUT2D eigenvalue weighted by atomic mass is 10.1. The fourth-order valence-electron chi connectivity index (χ4n) is 3.66. The normalized spacial score (nSPS) is 14.7. The zero-order chi connectivity index (χ0) is 24.7. The van der Waals surface area contributed by atoms with E-state index in [1.807, 2.05) is 31.2 Å². The highest BCUT2D eigenvalue weighted by atomic mass is 32.2. The minimum Gasteiger partial charge on any atom is -0.481 e. The zero-order valence-corrected chi connectivity index (χ0v) is 20.7. The van der Waals surface area contributed by atoms with Crippen LogP contribution in [0.2, 0.25) is 0 Å². The smallest absolute Gasteiger partial charge is 0.412 e. The van der Waals surface area contributed by atoms with E-state index in [0.29, 0.717) is 40.0 Å². The predicted octanol–water partition coefficient (Wildman–Crippen LogP) is 5.18. The van der Waals surface area contributed by atoms with Gasteiger partial charge in [-0.05, 0) is 56.6 Å². The average molecular weight is 509 g/mol. The van der Waals surface area contributed by atoms with Crippen LogP contribution in [0.25, 0.3) is 9.66 Å². The number of carboxylic acids is 1. The van der Waals surface area contributed by atoms with Crippen LogP contribution in [0, 0.1) is 25.7 Å². The first-order valence-corrected chi connectivity index (χ1v) is 12.4. The van der Waals surface area contributed by atoms with Gasteiger partial charge in [0.25, 0.3) is 0 Å². The average Bonchev–Trinajstić information content (AvgIpc) is 3.25. The lowest BCUT2D eigenvalue weighted by molar-refractivity contribution is -0.140. The molecule has 5 rings (SSSR count). The summed E-state index contributed by atoms with van der Waals surface area (Å²) in [4.78, 5) is 32.9. The fourth-order valence-corrected chi connectivity index (χ4v) is 5.87. The molecule has 35 heavy (non-hydrogen) atoms. The maximum absolute atomic E-state index is 12.5. The van der Waals surface area contributed by atoms with Gasteiger partial charge >= 0.3 is 12.1 Å². The summed E-state index contributed by atoms with van der Waals surface area (Å²) >= 11 is 2.68. The number of ether oxygens (including phenoxy) is 1. The number of nitrogens with one attached hydrogen (secondary N) is 1. The molecule has 9 nitrogen and oxygen atoms in total. The quantitative estimate of drug-likeness (QED) is 0.353. The van der Waals surface area contributed by atoms with Crippen molar-refractivity contribution in [2.45, 2.75) is 45.1 Å². The molecule has 1 fully saturated rings. The third kappa shape index (κ3) is 4.38. The number of thiazole rings is 2. The van der Waals surface area contributed by atoms with Crippen molar-refractivity contribution in [2.75, 3.05) is 5.32 Å². The molecule has 1 aromatic carbocycles. The third-order valence-electron chi connectivity index (χ3n) is 5.83. The number of hydrogen-bond acceptors (Lipinski definition) is 9. The van der Waals surface area contributed by atoms with Crippen LogP contribution in [0.5, 0.6) is 0 Å². The van der Waals surface area contributed by atoms with Gasteiger partial charge in [-0.1, -0.05) is 40.8 Å². The monoisotopic (exact) mass is 508 g/mol. The number of benzene rings is 1. The van der Waals surface area contributed by atoms with E-state index in [4.69, 9.17) is 9.26 Å². The fraction of sp³-hybridized carbons (Fsp3) is 0.292. The van der Waals surface area contributed by atoms with E-state index < -0.39 is 23.6 Å². The van der Waals surface area contributed by atoms with Crippen LogP contribution in [-0.2, 0) is 14.9 Å². The van der Waals surface area contributed by atoms with Gasteiger partial charge in [0.1, 0.15) is 26.2 Å². The summed E-state index contributed by atoms with van der Waals surface area (Å²) < 4.78 is 11.6. The van der Waals surface area contributed by atoms with Gasteiger partial charge in [0.15, 0.2) is 22.1 Å². The van der Waals surface area contributed by atoms with Gasteiger partial charge in [0.05, 0.1) is 0 Å². The van der Waals surface area contributed by atoms with Crippen LogP contribution in [0.4, 0.5) is 10.5 Å². The molecule has 11 heteroatoms. The molecule has 1 amide bonds. The minimum absolute atomic E-state index is 0.248. The summed E-state index contributed by atoms with van der Waals surface area (Å²) in [5.74, 6) is 5.36. The third-order valence-corrected chi connectivity index (χ3v) is 8.13.